The smallest absolute Gasteiger partial charge is 0.229 e. The summed E-state index contributed by atoms with van der Waals surface area (Å²) >= 11 is 0. The number of fused-ring (bicyclic) bond motifs is 1. The number of phenolic OH excluding ortho intramolecular Hbond substituents is 2. The number of phenols is 2. The van der Waals surface area contributed by atoms with Gasteiger partial charge in [-0.2, -0.15) is 0 Å². The minimum atomic E-state index is -1.88. The minimum absolute atomic E-state index is 0.0361. The molecule has 14 nitrogen and oxygen atoms in total. The summed E-state index contributed by atoms with van der Waals surface area (Å²) in [6.07, 6.45) is -16.1. The van der Waals surface area contributed by atoms with Gasteiger partial charge < -0.3 is 64.6 Å². The third kappa shape index (κ3) is 5.14. The molecule has 3 heterocycles. The minimum Gasteiger partial charge on any atom is -0.508 e. The zero-order chi connectivity index (χ0) is 29.7. The van der Waals surface area contributed by atoms with E-state index in [1.165, 1.54) is 31.2 Å². The number of rotatable bonds is 5. The predicted molar refractivity (Wildman–Crippen MR) is 137 cm³/mol. The molecule has 2 aromatic carbocycles. The molecule has 5 rings (SSSR count). The molecule has 0 saturated carbocycles. The van der Waals surface area contributed by atoms with Gasteiger partial charge in [-0.1, -0.05) is 0 Å². The lowest BCUT2D eigenvalue weighted by atomic mass is 9.89. The van der Waals surface area contributed by atoms with Crippen LogP contribution in [-0.4, -0.2) is 108 Å². The molecule has 0 bridgehead atoms. The van der Waals surface area contributed by atoms with Crippen LogP contribution in [0.1, 0.15) is 18.6 Å². The molecule has 0 amide bonds. The van der Waals surface area contributed by atoms with Crippen molar-refractivity contribution in [1.29, 1.82) is 0 Å². The molecule has 0 unspecified atom stereocenters. The number of aromatic hydroxyl groups is 2. The maximum Gasteiger partial charge on any atom is 0.229 e. The summed E-state index contributed by atoms with van der Waals surface area (Å²) in [4.78, 5) is 13.2. The van der Waals surface area contributed by atoms with Crippen molar-refractivity contribution >= 4 is 11.0 Å². The number of hydrogen-bond acceptors (Lipinski definition) is 14. The van der Waals surface area contributed by atoms with E-state index in [0.29, 0.717) is 5.56 Å². The first-order valence-corrected chi connectivity index (χ1v) is 12.7. The molecule has 0 spiro atoms. The van der Waals surface area contributed by atoms with Crippen LogP contribution in [0.25, 0.3) is 22.3 Å². The van der Waals surface area contributed by atoms with E-state index in [1.54, 1.807) is 0 Å². The van der Waals surface area contributed by atoms with Crippen molar-refractivity contribution in [2.75, 3.05) is 6.61 Å². The molecule has 222 valence electrons. The van der Waals surface area contributed by atoms with Crippen LogP contribution in [0.2, 0.25) is 0 Å². The first kappa shape index (κ1) is 29.2. The van der Waals surface area contributed by atoms with Gasteiger partial charge in [0.25, 0.3) is 0 Å². The highest BCUT2D eigenvalue weighted by Crippen LogP contribution is 2.45. The zero-order valence-corrected chi connectivity index (χ0v) is 21.5. The Balaban J connectivity index is 1.73. The largest absolute Gasteiger partial charge is 0.508 e. The van der Waals surface area contributed by atoms with E-state index in [1.807, 2.05) is 0 Å². The Kier molecular flexibility index (Phi) is 7.95. The summed E-state index contributed by atoms with van der Waals surface area (Å²) in [5.74, 6) is -1.12. The number of aliphatic hydroxyl groups is 7. The molecular weight excluding hydrogens is 548 g/mol. The van der Waals surface area contributed by atoms with Crippen LogP contribution >= 0.6 is 0 Å². The van der Waals surface area contributed by atoms with Gasteiger partial charge in [-0.25, -0.2) is 0 Å². The molecule has 3 aromatic rings. The maximum atomic E-state index is 13.2. The Hall–Kier alpha value is -3.31. The third-order valence-electron chi connectivity index (χ3n) is 7.36. The van der Waals surface area contributed by atoms with Gasteiger partial charge >= 0.3 is 0 Å². The molecule has 2 aliphatic rings. The highest BCUT2D eigenvalue weighted by Gasteiger charge is 2.48. The molecule has 1 aromatic heterocycles. The molecule has 14 heteroatoms. The van der Waals surface area contributed by atoms with Crippen molar-refractivity contribution in [2.24, 2.45) is 0 Å². The summed E-state index contributed by atoms with van der Waals surface area (Å²) in [5.41, 5.74) is -1.04. The van der Waals surface area contributed by atoms with Crippen LogP contribution in [0.15, 0.2) is 45.6 Å². The Labute approximate surface area is 231 Å². The van der Waals surface area contributed by atoms with Crippen molar-refractivity contribution in [3.63, 3.8) is 0 Å². The Morgan fingerprint density at radius 2 is 1.49 bits per heavy atom. The summed E-state index contributed by atoms with van der Waals surface area (Å²) in [5, 5.41) is 92.5. The third-order valence-corrected chi connectivity index (χ3v) is 7.36. The van der Waals surface area contributed by atoms with Crippen molar-refractivity contribution < 1.29 is 64.6 Å². The first-order valence-electron chi connectivity index (χ1n) is 12.7. The summed E-state index contributed by atoms with van der Waals surface area (Å²) < 4.78 is 23.1. The molecule has 0 aliphatic carbocycles. The number of hydrogen-bond donors (Lipinski definition) is 9. The summed E-state index contributed by atoms with van der Waals surface area (Å²) in [6.45, 7) is 0.637. The van der Waals surface area contributed by atoms with E-state index in [-0.39, 0.29) is 33.8 Å². The second kappa shape index (κ2) is 11.2. The molecule has 41 heavy (non-hydrogen) atoms. The van der Waals surface area contributed by atoms with E-state index < -0.39 is 79.0 Å². The summed E-state index contributed by atoms with van der Waals surface area (Å²) in [7, 11) is 0. The molecule has 2 aliphatic heterocycles. The fourth-order valence-electron chi connectivity index (χ4n) is 5.02. The highest BCUT2D eigenvalue weighted by atomic mass is 16.7. The lowest BCUT2D eigenvalue weighted by Gasteiger charge is -2.42. The first-order chi connectivity index (χ1) is 19.4. The van der Waals surface area contributed by atoms with Gasteiger partial charge in [0.2, 0.25) is 6.29 Å². The average molecular weight is 579 g/mol. The van der Waals surface area contributed by atoms with Gasteiger partial charge in [-0.3, -0.25) is 4.79 Å². The van der Waals surface area contributed by atoms with Crippen LogP contribution in [-0.2, 0) is 9.47 Å². The topological polar surface area (TPSA) is 240 Å². The Morgan fingerprint density at radius 3 is 2.15 bits per heavy atom. The molecule has 9 N–H and O–H groups in total. The van der Waals surface area contributed by atoms with Crippen LogP contribution in [0, 0.1) is 0 Å². The lowest BCUT2D eigenvalue weighted by molar-refractivity contribution is -0.269. The molecule has 2 saturated heterocycles. The second-order valence-corrected chi connectivity index (χ2v) is 10.1. The van der Waals surface area contributed by atoms with E-state index >= 15 is 0 Å². The molecule has 2 fully saturated rings. The predicted octanol–water partition coefficient (Wildman–Crippen LogP) is -1.41. The number of ether oxygens (including phenoxy) is 3. The zero-order valence-electron chi connectivity index (χ0n) is 21.5. The molecular formula is C27H30O14. The van der Waals surface area contributed by atoms with Crippen molar-refractivity contribution in [3.05, 3.63) is 52.2 Å². The van der Waals surface area contributed by atoms with Crippen molar-refractivity contribution in [1.82, 2.24) is 0 Å². The normalized spacial score (nSPS) is 34.0. The quantitative estimate of drug-likeness (QED) is 0.169. The van der Waals surface area contributed by atoms with Crippen LogP contribution < -0.4 is 10.2 Å². The SMILES string of the molecule is C[C@H]1O[C@@H](Oc2cc(O)c3c(=O)cc(-c4ccc(O)cc4)oc3c2[C@@H]2O[C@@H](CO)[C@@H](O)[C@@H](O)[C@H]2O)[C@@H](O)[C@@H](O)[C@H]1O. The van der Waals surface area contributed by atoms with Crippen molar-refractivity contribution in [3.8, 4) is 28.6 Å². The number of aliphatic hydroxyl groups excluding tert-OH is 7. The Morgan fingerprint density at radius 1 is 0.829 bits per heavy atom. The van der Waals surface area contributed by atoms with Gasteiger partial charge in [-0.15, -0.1) is 0 Å². The van der Waals surface area contributed by atoms with Crippen LogP contribution in [0.4, 0.5) is 0 Å². The van der Waals surface area contributed by atoms with Crippen LogP contribution in [0.5, 0.6) is 17.2 Å². The monoisotopic (exact) mass is 578 g/mol. The van der Waals surface area contributed by atoms with Gasteiger partial charge in [0.1, 0.15) is 77.2 Å². The molecule has 10 atom stereocenters. The van der Waals surface area contributed by atoms with Gasteiger partial charge in [-0.05, 0) is 31.2 Å². The standard InChI is InChI=1S/C27H30O14/c1-9-19(32)21(34)24(37)27(38-9)41-15-7-13(31)17-12(30)6-14(10-2-4-11(29)5-3-10)39-25(17)18(15)26-23(36)22(35)20(33)16(8-28)40-26/h2-7,9,16,19-24,26-29,31-37H,8H2,1H3/t9-,16+,19+,20-,21+,22-,23-,24+,26+,27+/m1/s1. The van der Waals surface area contributed by atoms with E-state index in [4.69, 9.17) is 18.6 Å². The average Bonchev–Trinajstić information content (AvgIpc) is 2.94. The van der Waals surface area contributed by atoms with Crippen molar-refractivity contribution in [2.45, 2.75) is 68.1 Å². The fourth-order valence-corrected chi connectivity index (χ4v) is 5.02. The van der Waals surface area contributed by atoms with E-state index in [9.17, 15) is 50.8 Å². The van der Waals surface area contributed by atoms with Gasteiger partial charge in [0, 0.05) is 17.7 Å². The fraction of sp³-hybridized carbons (Fsp3) is 0.444. The highest BCUT2D eigenvalue weighted by molar-refractivity contribution is 5.89. The van der Waals surface area contributed by atoms with Crippen LogP contribution in [0.3, 0.4) is 0 Å². The summed E-state index contributed by atoms with van der Waals surface area (Å²) in [6, 6.07) is 7.63. The number of benzene rings is 2. The lowest BCUT2D eigenvalue weighted by Crippen LogP contribution is -2.58. The van der Waals surface area contributed by atoms with E-state index in [0.717, 1.165) is 12.1 Å². The second-order valence-electron chi connectivity index (χ2n) is 10.1. The van der Waals surface area contributed by atoms with E-state index in [2.05, 4.69) is 0 Å². The van der Waals surface area contributed by atoms with Gasteiger partial charge in [0.15, 0.2) is 11.0 Å². The molecule has 0 radical (unpaired) electrons. The maximum absolute atomic E-state index is 13.2. The Bertz CT molecular complexity index is 1450. The van der Waals surface area contributed by atoms with Gasteiger partial charge in [0.05, 0.1) is 18.3 Å².